The third-order valence-electron chi connectivity index (χ3n) is 5.47. The van der Waals surface area contributed by atoms with Gasteiger partial charge in [0.15, 0.2) is 11.5 Å². The summed E-state index contributed by atoms with van der Waals surface area (Å²) in [5, 5.41) is 11.6. The minimum atomic E-state index is -0.747. The summed E-state index contributed by atoms with van der Waals surface area (Å²) in [7, 11) is 3.80. The standard InChI is InChI=1S/C25H26N2O5/c1-4-31-18-10-7-9-17(14-18)22-21(24(29)25(30)27(22)13-12-26(2)3)23(28)20-15-16-8-5-6-11-19(16)32-20/h5-11,14-15,22,29H,4,12-13H2,1-3H3. The highest BCUT2D eigenvalue weighted by Gasteiger charge is 2.44. The van der Waals surface area contributed by atoms with Crippen molar-refractivity contribution in [3.63, 3.8) is 0 Å². The third-order valence-corrected chi connectivity index (χ3v) is 5.47. The molecule has 2 aromatic carbocycles. The van der Waals surface area contributed by atoms with Crippen LogP contribution in [0.4, 0.5) is 0 Å². The van der Waals surface area contributed by atoms with E-state index in [-0.39, 0.29) is 11.3 Å². The molecule has 1 aliphatic rings. The van der Waals surface area contributed by atoms with Crippen LogP contribution in [0.1, 0.15) is 29.1 Å². The number of rotatable bonds is 8. The normalized spacial score (nSPS) is 16.4. The lowest BCUT2D eigenvalue weighted by Gasteiger charge is -2.28. The molecule has 1 N–H and O–H groups in total. The monoisotopic (exact) mass is 434 g/mol. The summed E-state index contributed by atoms with van der Waals surface area (Å²) < 4.78 is 11.4. The van der Waals surface area contributed by atoms with Gasteiger partial charge in [0.05, 0.1) is 18.2 Å². The lowest BCUT2D eigenvalue weighted by Crippen LogP contribution is -2.36. The molecule has 1 aliphatic heterocycles. The van der Waals surface area contributed by atoms with Crippen LogP contribution in [0.25, 0.3) is 11.0 Å². The summed E-state index contributed by atoms with van der Waals surface area (Å²) in [6, 6.07) is 15.4. The predicted octanol–water partition coefficient (Wildman–Crippen LogP) is 3.97. The minimum Gasteiger partial charge on any atom is -0.503 e. The Morgan fingerprint density at radius 1 is 1.16 bits per heavy atom. The Bertz CT molecular complexity index is 1160. The maximum Gasteiger partial charge on any atom is 0.290 e. The molecule has 166 valence electrons. The van der Waals surface area contributed by atoms with E-state index in [1.54, 1.807) is 18.2 Å². The van der Waals surface area contributed by atoms with Gasteiger partial charge in [-0.1, -0.05) is 30.3 Å². The number of ketones is 1. The second kappa shape index (κ2) is 8.88. The van der Waals surface area contributed by atoms with E-state index < -0.39 is 23.5 Å². The van der Waals surface area contributed by atoms with Crippen molar-refractivity contribution < 1.29 is 23.8 Å². The molecule has 0 bridgehead atoms. The molecule has 1 atom stereocenters. The molecule has 0 fully saturated rings. The van der Waals surface area contributed by atoms with Gasteiger partial charge in [0.2, 0.25) is 5.78 Å². The van der Waals surface area contributed by atoms with E-state index in [1.807, 2.05) is 62.3 Å². The number of benzene rings is 2. The number of hydrogen-bond donors (Lipinski definition) is 1. The van der Waals surface area contributed by atoms with E-state index in [4.69, 9.17) is 9.15 Å². The smallest absolute Gasteiger partial charge is 0.290 e. The SMILES string of the molecule is CCOc1cccc(C2C(C(=O)c3cc4ccccc4o3)=C(O)C(=O)N2CCN(C)C)c1. The predicted molar refractivity (Wildman–Crippen MR) is 121 cm³/mol. The molecule has 7 heteroatoms. The molecule has 2 heterocycles. The van der Waals surface area contributed by atoms with Crippen molar-refractivity contribution in [3.8, 4) is 5.75 Å². The number of furan rings is 1. The van der Waals surface area contributed by atoms with Crippen LogP contribution in [-0.2, 0) is 4.79 Å². The third kappa shape index (κ3) is 3.99. The molecule has 0 spiro atoms. The van der Waals surface area contributed by atoms with Gasteiger partial charge < -0.3 is 24.1 Å². The maximum absolute atomic E-state index is 13.5. The second-order valence-corrected chi connectivity index (χ2v) is 7.95. The first-order chi connectivity index (χ1) is 15.4. The Morgan fingerprint density at radius 3 is 2.66 bits per heavy atom. The van der Waals surface area contributed by atoms with E-state index in [0.717, 1.165) is 5.39 Å². The molecule has 32 heavy (non-hydrogen) atoms. The summed E-state index contributed by atoms with van der Waals surface area (Å²) in [5.41, 5.74) is 1.27. The van der Waals surface area contributed by atoms with Crippen LogP contribution in [0.15, 0.2) is 70.3 Å². The number of carbonyl (C=O) groups excluding carboxylic acids is 2. The zero-order chi connectivity index (χ0) is 22.8. The molecular formula is C25H26N2O5. The number of likely N-dealkylation sites (N-methyl/N-ethyl adjacent to an activating group) is 1. The van der Waals surface area contributed by atoms with E-state index >= 15 is 0 Å². The largest absolute Gasteiger partial charge is 0.503 e. The van der Waals surface area contributed by atoms with Crippen molar-refractivity contribution in [2.45, 2.75) is 13.0 Å². The molecule has 4 rings (SSSR count). The number of hydrogen-bond acceptors (Lipinski definition) is 6. The van der Waals surface area contributed by atoms with Crippen LogP contribution >= 0.6 is 0 Å². The Morgan fingerprint density at radius 2 is 1.94 bits per heavy atom. The summed E-state index contributed by atoms with van der Waals surface area (Å²) in [6.45, 7) is 3.30. The van der Waals surface area contributed by atoms with Gasteiger partial charge in [-0.3, -0.25) is 9.59 Å². The van der Waals surface area contributed by atoms with Crippen molar-refractivity contribution in [1.29, 1.82) is 0 Å². The van der Waals surface area contributed by atoms with E-state index in [1.165, 1.54) is 4.90 Å². The zero-order valence-corrected chi connectivity index (χ0v) is 18.4. The van der Waals surface area contributed by atoms with Crippen molar-refractivity contribution in [1.82, 2.24) is 9.80 Å². The first-order valence-corrected chi connectivity index (χ1v) is 10.6. The summed E-state index contributed by atoms with van der Waals surface area (Å²) >= 11 is 0. The maximum atomic E-state index is 13.5. The fourth-order valence-electron chi connectivity index (χ4n) is 3.94. The number of aliphatic hydroxyl groups is 1. The molecule has 0 radical (unpaired) electrons. The van der Waals surface area contributed by atoms with Gasteiger partial charge in [-0.05, 0) is 50.8 Å². The highest BCUT2D eigenvalue weighted by atomic mass is 16.5. The Balaban J connectivity index is 1.79. The number of carbonyl (C=O) groups is 2. The number of ether oxygens (including phenoxy) is 1. The number of Topliss-reactive ketones (excluding diaryl/α,β-unsaturated/α-hetero) is 1. The van der Waals surface area contributed by atoms with Gasteiger partial charge in [0.25, 0.3) is 5.91 Å². The van der Waals surface area contributed by atoms with Crippen LogP contribution in [0, 0.1) is 0 Å². The lowest BCUT2D eigenvalue weighted by molar-refractivity contribution is -0.129. The number of nitrogens with zero attached hydrogens (tertiary/aromatic N) is 2. The van der Waals surface area contributed by atoms with Crippen LogP contribution in [0.3, 0.4) is 0 Å². The average molecular weight is 434 g/mol. The van der Waals surface area contributed by atoms with Crippen molar-refractivity contribution in [2.75, 3.05) is 33.8 Å². The van der Waals surface area contributed by atoms with Gasteiger partial charge in [-0.15, -0.1) is 0 Å². The van der Waals surface area contributed by atoms with Gasteiger partial charge in [-0.2, -0.15) is 0 Å². The van der Waals surface area contributed by atoms with Gasteiger partial charge >= 0.3 is 0 Å². The van der Waals surface area contributed by atoms with Crippen LogP contribution in [0.2, 0.25) is 0 Å². The molecule has 3 aromatic rings. The summed E-state index contributed by atoms with van der Waals surface area (Å²) in [6.07, 6.45) is 0. The Kier molecular flexibility index (Phi) is 6.01. The first-order valence-electron chi connectivity index (χ1n) is 10.6. The lowest BCUT2D eigenvalue weighted by atomic mass is 9.95. The van der Waals surface area contributed by atoms with E-state index in [2.05, 4.69) is 0 Å². The van der Waals surface area contributed by atoms with E-state index in [0.29, 0.717) is 36.6 Å². The van der Waals surface area contributed by atoms with Gasteiger partial charge in [-0.25, -0.2) is 0 Å². The molecule has 0 aliphatic carbocycles. The molecule has 1 unspecified atom stereocenters. The molecule has 1 aromatic heterocycles. The fraction of sp³-hybridized carbons (Fsp3) is 0.280. The first kappa shape index (κ1) is 21.6. The molecule has 1 amide bonds. The highest BCUT2D eigenvalue weighted by molar-refractivity contribution is 6.16. The summed E-state index contributed by atoms with van der Waals surface area (Å²) in [4.78, 5) is 30.0. The Labute approximate surface area is 186 Å². The van der Waals surface area contributed by atoms with Crippen LogP contribution in [0.5, 0.6) is 5.75 Å². The summed E-state index contributed by atoms with van der Waals surface area (Å²) in [5.74, 6) is -0.904. The topological polar surface area (TPSA) is 83.2 Å². The Hall–Kier alpha value is -3.58. The molecule has 0 saturated heterocycles. The second-order valence-electron chi connectivity index (χ2n) is 7.95. The quantitative estimate of drug-likeness (QED) is 0.540. The number of fused-ring (bicyclic) bond motifs is 1. The molecule has 0 saturated carbocycles. The van der Waals surface area contributed by atoms with Gasteiger partial charge in [0.1, 0.15) is 11.3 Å². The molecule has 7 nitrogen and oxygen atoms in total. The number of para-hydroxylation sites is 1. The zero-order valence-electron chi connectivity index (χ0n) is 18.4. The van der Waals surface area contributed by atoms with Crippen molar-refractivity contribution in [2.24, 2.45) is 0 Å². The average Bonchev–Trinajstić information content (AvgIpc) is 3.32. The number of amides is 1. The van der Waals surface area contributed by atoms with Gasteiger partial charge in [0, 0.05) is 18.5 Å². The van der Waals surface area contributed by atoms with Crippen LogP contribution in [-0.4, -0.2) is 60.4 Å². The van der Waals surface area contributed by atoms with Crippen LogP contribution < -0.4 is 4.74 Å². The van der Waals surface area contributed by atoms with Crippen molar-refractivity contribution in [3.05, 3.63) is 77.3 Å². The minimum absolute atomic E-state index is 0.0152. The highest BCUT2D eigenvalue weighted by Crippen LogP contribution is 2.40. The fourth-order valence-corrected chi connectivity index (χ4v) is 3.94. The van der Waals surface area contributed by atoms with Crippen molar-refractivity contribution >= 4 is 22.7 Å². The van der Waals surface area contributed by atoms with E-state index in [9.17, 15) is 14.7 Å². The number of aliphatic hydroxyl groups excluding tert-OH is 1. The molecular weight excluding hydrogens is 408 g/mol.